The zero-order valence-corrected chi connectivity index (χ0v) is 7.63. The third-order valence-electron chi connectivity index (χ3n) is 2.94. The standard InChI is InChI=1S/C10H13FN2/c1-7(12)10(2-3-10)8-4-9(11)6-13-5-8/h4-7H,2-3,12H2,1H3. The van der Waals surface area contributed by atoms with E-state index in [9.17, 15) is 4.39 Å². The number of hydrogen-bond acceptors (Lipinski definition) is 2. The molecule has 1 aliphatic rings. The Balaban J connectivity index is 2.35. The first-order chi connectivity index (χ1) is 6.15. The molecular weight excluding hydrogens is 167 g/mol. The van der Waals surface area contributed by atoms with Crippen LogP contribution in [-0.4, -0.2) is 11.0 Å². The van der Waals surface area contributed by atoms with Gasteiger partial charge < -0.3 is 5.73 Å². The van der Waals surface area contributed by atoms with Crippen molar-refractivity contribution >= 4 is 0 Å². The van der Waals surface area contributed by atoms with Crippen LogP contribution >= 0.6 is 0 Å². The lowest BCUT2D eigenvalue weighted by Gasteiger charge is -2.19. The quantitative estimate of drug-likeness (QED) is 0.750. The van der Waals surface area contributed by atoms with Crippen LogP contribution in [0.1, 0.15) is 25.3 Å². The smallest absolute Gasteiger partial charge is 0.141 e. The van der Waals surface area contributed by atoms with Gasteiger partial charge in [-0.15, -0.1) is 0 Å². The Kier molecular flexibility index (Phi) is 1.84. The monoisotopic (exact) mass is 180 g/mol. The fourth-order valence-corrected chi connectivity index (χ4v) is 1.83. The fourth-order valence-electron chi connectivity index (χ4n) is 1.83. The number of nitrogens with two attached hydrogens (primary N) is 1. The molecule has 1 heterocycles. The van der Waals surface area contributed by atoms with E-state index in [4.69, 9.17) is 5.73 Å². The van der Waals surface area contributed by atoms with Crippen molar-refractivity contribution in [1.82, 2.24) is 4.98 Å². The predicted molar refractivity (Wildman–Crippen MR) is 48.8 cm³/mol. The van der Waals surface area contributed by atoms with Gasteiger partial charge in [-0.05, 0) is 31.4 Å². The van der Waals surface area contributed by atoms with Gasteiger partial charge in [-0.25, -0.2) is 4.39 Å². The van der Waals surface area contributed by atoms with E-state index in [-0.39, 0.29) is 17.3 Å². The average Bonchev–Trinajstić information content (AvgIpc) is 2.83. The maximum Gasteiger partial charge on any atom is 0.141 e. The summed E-state index contributed by atoms with van der Waals surface area (Å²) in [6.07, 6.45) is 5.05. The second kappa shape index (κ2) is 2.77. The summed E-state index contributed by atoms with van der Waals surface area (Å²) in [7, 11) is 0. The topological polar surface area (TPSA) is 38.9 Å². The van der Waals surface area contributed by atoms with Gasteiger partial charge in [0.2, 0.25) is 0 Å². The molecular formula is C10H13FN2. The molecule has 1 aromatic heterocycles. The number of nitrogens with zero attached hydrogens (tertiary/aromatic N) is 1. The molecule has 2 nitrogen and oxygen atoms in total. The molecule has 3 heteroatoms. The Hall–Kier alpha value is -0.960. The van der Waals surface area contributed by atoms with Crippen LogP contribution in [0, 0.1) is 5.82 Å². The highest BCUT2D eigenvalue weighted by molar-refractivity contribution is 5.31. The van der Waals surface area contributed by atoms with Gasteiger partial charge in [0.1, 0.15) is 5.82 Å². The van der Waals surface area contributed by atoms with Gasteiger partial charge in [0.15, 0.2) is 0 Å². The van der Waals surface area contributed by atoms with E-state index in [0.717, 1.165) is 18.4 Å². The molecule has 13 heavy (non-hydrogen) atoms. The highest BCUT2D eigenvalue weighted by Gasteiger charge is 2.47. The Labute approximate surface area is 77.0 Å². The van der Waals surface area contributed by atoms with E-state index in [1.165, 1.54) is 6.20 Å². The normalized spacial score (nSPS) is 21.2. The second-order valence-corrected chi connectivity index (χ2v) is 3.84. The highest BCUT2D eigenvalue weighted by atomic mass is 19.1. The third kappa shape index (κ3) is 1.33. The molecule has 1 fully saturated rings. The molecule has 1 saturated carbocycles. The van der Waals surface area contributed by atoms with Gasteiger partial charge in [0.25, 0.3) is 0 Å². The molecule has 1 aliphatic carbocycles. The zero-order chi connectivity index (χ0) is 9.47. The number of pyridine rings is 1. The number of halogens is 1. The Morgan fingerprint density at radius 1 is 1.54 bits per heavy atom. The van der Waals surface area contributed by atoms with Crippen molar-refractivity contribution in [3.8, 4) is 0 Å². The maximum absolute atomic E-state index is 12.9. The second-order valence-electron chi connectivity index (χ2n) is 3.84. The van der Waals surface area contributed by atoms with Crippen molar-refractivity contribution in [1.29, 1.82) is 0 Å². The molecule has 0 saturated heterocycles. The summed E-state index contributed by atoms with van der Waals surface area (Å²) in [5.74, 6) is -0.274. The van der Waals surface area contributed by atoms with Crippen LogP contribution in [0.25, 0.3) is 0 Å². The van der Waals surface area contributed by atoms with E-state index in [1.54, 1.807) is 12.3 Å². The van der Waals surface area contributed by atoms with E-state index < -0.39 is 0 Å². The van der Waals surface area contributed by atoms with E-state index in [0.29, 0.717) is 0 Å². The number of rotatable bonds is 2. The average molecular weight is 180 g/mol. The number of hydrogen-bond donors (Lipinski definition) is 1. The predicted octanol–water partition coefficient (Wildman–Crippen LogP) is 1.60. The van der Waals surface area contributed by atoms with Crippen molar-refractivity contribution in [2.45, 2.75) is 31.2 Å². The lowest BCUT2D eigenvalue weighted by atomic mass is 9.91. The fraction of sp³-hybridized carbons (Fsp3) is 0.500. The summed E-state index contributed by atoms with van der Waals surface area (Å²) in [6, 6.07) is 1.62. The first kappa shape index (κ1) is 8.63. The Morgan fingerprint density at radius 3 is 2.69 bits per heavy atom. The molecule has 0 aliphatic heterocycles. The minimum absolute atomic E-state index is 0.00903. The van der Waals surface area contributed by atoms with E-state index in [1.807, 2.05) is 6.92 Å². The van der Waals surface area contributed by atoms with Gasteiger partial charge in [-0.3, -0.25) is 4.98 Å². The first-order valence-corrected chi connectivity index (χ1v) is 4.52. The molecule has 0 amide bonds. The molecule has 1 aromatic rings. The van der Waals surface area contributed by atoms with Crippen molar-refractivity contribution < 1.29 is 4.39 Å². The summed E-state index contributed by atoms with van der Waals surface area (Å²) < 4.78 is 12.9. The van der Waals surface area contributed by atoms with Crippen LogP contribution in [0.3, 0.4) is 0 Å². The van der Waals surface area contributed by atoms with Crippen molar-refractivity contribution in [2.24, 2.45) is 5.73 Å². The van der Waals surface area contributed by atoms with E-state index in [2.05, 4.69) is 4.98 Å². The maximum atomic E-state index is 12.9. The molecule has 70 valence electrons. The number of aromatic nitrogens is 1. The van der Waals surface area contributed by atoms with Crippen LogP contribution in [0.5, 0.6) is 0 Å². The van der Waals surface area contributed by atoms with Crippen LogP contribution in [0.4, 0.5) is 4.39 Å². The van der Waals surface area contributed by atoms with Crippen LogP contribution < -0.4 is 5.73 Å². The first-order valence-electron chi connectivity index (χ1n) is 4.52. The van der Waals surface area contributed by atoms with Crippen LogP contribution in [0.2, 0.25) is 0 Å². The molecule has 2 N–H and O–H groups in total. The summed E-state index contributed by atoms with van der Waals surface area (Å²) >= 11 is 0. The summed E-state index contributed by atoms with van der Waals surface area (Å²) in [4.78, 5) is 3.84. The van der Waals surface area contributed by atoms with Gasteiger partial charge in [0.05, 0.1) is 6.20 Å². The highest BCUT2D eigenvalue weighted by Crippen LogP contribution is 2.49. The van der Waals surface area contributed by atoms with Gasteiger partial charge in [-0.2, -0.15) is 0 Å². The summed E-state index contributed by atoms with van der Waals surface area (Å²) in [5.41, 5.74) is 6.82. The zero-order valence-electron chi connectivity index (χ0n) is 7.63. The molecule has 1 unspecified atom stereocenters. The van der Waals surface area contributed by atoms with Crippen LogP contribution in [0.15, 0.2) is 18.5 Å². The molecule has 0 aromatic carbocycles. The van der Waals surface area contributed by atoms with E-state index >= 15 is 0 Å². The van der Waals surface area contributed by atoms with Crippen molar-refractivity contribution in [3.63, 3.8) is 0 Å². The molecule has 0 spiro atoms. The lowest BCUT2D eigenvalue weighted by molar-refractivity contribution is 0.544. The van der Waals surface area contributed by atoms with Gasteiger partial charge in [0, 0.05) is 17.7 Å². The van der Waals surface area contributed by atoms with Gasteiger partial charge >= 0.3 is 0 Å². The Bertz CT molecular complexity index is 318. The summed E-state index contributed by atoms with van der Waals surface area (Å²) in [6.45, 7) is 1.97. The summed E-state index contributed by atoms with van der Waals surface area (Å²) in [5, 5.41) is 0. The lowest BCUT2D eigenvalue weighted by Crippen LogP contribution is -2.31. The molecule has 0 radical (unpaired) electrons. The SMILES string of the molecule is CC(N)C1(c2cncc(F)c2)CC1. The minimum Gasteiger partial charge on any atom is -0.327 e. The Morgan fingerprint density at radius 2 is 2.23 bits per heavy atom. The minimum atomic E-state index is -0.274. The third-order valence-corrected chi connectivity index (χ3v) is 2.94. The molecule has 2 rings (SSSR count). The molecule has 0 bridgehead atoms. The van der Waals surface area contributed by atoms with Gasteiger partial charge in [-0.1, -0.05) is 0 Å². The molecule has 1 atom stereocenters. The van der Waals surface area contributed by atoms with Crippen LogP contribution in [-0.2, 0) is 5.41 Å². The van der Waals surface area contributed by atoms with Crippen molar-refractivity contribution in [2.75, 3.05) is 0 Å². The largest absolute Gasteiger partial charge is 0.327 e. The van der Waals surface area contributed by atoms with Crippen molar-refractivity contribution in [3.05, 3.63) is 29.8 Å².